The van der Waals surface area contributed by atoms with Crippen LogP contribution in [-0.2, 0) is 22.0 Å². The molecule has 2 N–H and O–H groups in total. The molecule has 0 aromatic carbocycles. The number of nitrogens with zero attached hydrogens (tertiary/aromatic N) is 3. The van der Waals surface area contributed by atoms with Crippen molar-refractivity contribution in [1.29, 1.82) is 0 Å². The Labute approximate surface area is 109 Å². The Morgan fingerprint density at radius 2 is 1.83 bits per heavy atom. The number of primary sulfonamides is 1. The SMILES string of the molecule is CC(C)CCc1nnc(S(N)(=O)=O)n1C(C)(C)C. The molecule has 0 fully saturated rings. The predicted molar refractivity (Wildman–Crippen MR) is 69.6 cm³/mol. The average molecular weight is 274 g/mol. The van der Waals surface area contributed by atoms with Gasteiger partial charge in [-0.25, -0.2) is 13.6 Å². The summed E-state index contributed by atoms with van der Waals surface area (Å²) in [6.45, 7) is 9.94. The second-order valence-electron chi connectivity index (χ2n) is 5.88. The molecule has 0 spiro atoms. The molecule has 104 valence electrons. The van der Waals surface area contributed by atoms with E-state index in [0.717, 1.165) is 6.42 Å². The molecule has 0 unspecified atom stereocenters. The third kappa shape index (κ3) is 3.52. The highest BCUT2D eigenvalue weighted by Gasteiger charge is 2.28. The van der Waals surface area contributed by atoms with Crippen LogP contribution in [0.5, 0.6) is 0 Å². The first-order valence-electron chi connectivity index (χ1n) is 6.01. The highest BCUT2D eigenvalue weighted by atomic mass is 32.2. The Kier molecular flexibility index (Phi) is 4.17. The number of sulfonamides is 1. The molecule has 0 radical (unpaired) electrons. The molecule has 0 aliphatic heterocycles. The van der Waals surface area contributed by atoms with Crippen LogP contribution < -0.4 is 5.14 Å². The molecule has 0 atom stereocenters. The normalized spacial score (nSPS) is 13.3. The first kappa shape index (κ1) is 15.1. The van der Waals surface area contributed by atoms with Gasteiger partial charge in [0.15, 0.2) is 0 Å². The van der Waals surface area contributed by atoms with Crippen LogP contribution in [0.1, 0.15) is 46.9 Å². The topological polar surface area (TPSA) is 90.9 Å². The summed E-state index contributed by atoms with van der Waals surface area (Å²) in [5, 5.41) is 12.7. The van der Waals surface area contributed by atoms with Gasteiger partial charge in [0, 0.05) is 12.0 Å². The van der Waals surface area contributed by atoms with Gasteiger partial charge in [0.2, 0.25) is 0 Å². The van der Waals surface area contributed by atoms with E-state index in [-0.39, 0.29) is 5.16 Å². The maximum Gasteiger partial charge on any atom is 0.273 e. The van der Waals surface area contributed by atoms with E-state index in [1.807, 2.05) is 20.8 Å². The van der Waals surface area contributed by atoms with E-state index in [4.69, 9.17) is 5.14 Å². The molecule has 0 saturated carbocycles. The molecule has 18 heavy (non-hydrogen) atoms. The van der Waals surface area contributed by atoms with Crippen LogP contribution in [0, 0.1) is 5.92 Å². The van der Waals surface area contributed by atoms with E-state index in [2.05, 4.69) is 24.0 Å². The molecule has 0 amide bonds. The van der Waals surface area contributed by atoms with Crippen LogP contribution in [0.4, 0.5) is 0 Å². The van der Waals surface area contributed by atoms with Gasteiger partial charge in [0.1, 0.15) is 5.82 Å². The van der Waals surface area contributed by atoms with Gasteiger partial charge in [-0.2, -0.15) is 0 Å². The summed E-state index contributed by atoms with van der Waals surface area (Å²) >= 11 is 0. The van der Waals surface area contributed by atoms with Crippen molar-refractivity contribution in [2.24, 2.45) is 11.1 Å². The van der Waals surface area contributed by atoms with Crippen LogP contribution in [0.3, 0.4) is 0 Å². The van der Waals surface area contributed by atoms with Crippen molar-refractivity contribution in [3.8, 4) is 0 Å². The molecule has 0 aliphatic rings. The summed E-state index contributed by atoms with van der Waals surface area (Å²) in [6, 6.07) is 0. The molecule has 7 heteroatoms. The second-order valence-corrected chi connectivity index (χ2v) is 7.34. The summed E-state index contributed by atoms with van der Waals surface area (Å²) in [6.07, 6.45) is 1.62. The maximum atomic E-state index is 11.5. The van der Waals surface area contributed by atoms with E-state index in [1.54, 1.807) is 4.57 Å². The molecule has 1 rings (SSSR count). The molecule has 1 heterocycles. The minimum Gasteiger partial charge on any atom is -0.295 e. The van der Waals surface area contributed by atoms with Gasteiger partial charge in [-0.3, -0.25) is 4.57 Å². The van der Waals surface area contributed by atoms with Gasteiger partial charge in [0.25, 0.3) is 15.2 Å². The lowest BCUT2D eigenvalue weighted by atomic mass is 10.1. The highest BCUT2D eigenvalue weighted by molar-refractivity contribution is 7.89. The fourth-order valence-electron chi connectivity index (χ4n) is 1.74. The van der Waals surface area contributed by atoms with Crippen molar-refractivity contribution in [3.05, 3.63) is 5.82 Å². The van der Waals surface area contributed by atoms with Crippen molar-refractivity contribution in [1.82, 2.24) is 14.8 Å². The standard InChI is InChI=1S/C11H22N4O2S/c1-8(2)6-7-9-13-14-10(18(12,16)17)15(9)11(3,4)5/h8H,6-7H2,1-5H3,(H2,12,16,17). The van der Waals surface area contributed by atoms with Crippen LogP contribution >= 0.6 is 0 Å². The summed E-state index contributed by atoms with van der Waals surface area (Å²) in [4.78, 5) is 0. The number of rotatable bonds is 4. The molecule has 6 nitrogen and oxygen atoms in total. The molecule has 0 aliphatic carbocycles. The third-order valence-electron chi connectivity index (χ3n) is 2.57. The molecular formula is C11H22N4O2S. The van der Waals surface area contributed by atoms with E-state index < -0.39 is 15.6 Å². The summed E-state index contributed by atoms with van der Waals surface area (Å²) in [7, 11) is -3.84. The summed E-state index contributed by atoms with van der Waals surface area (Å²) < 4.78 is 24.6. The van der Waals surface area contributed by atoms with Gasteiger partial charge in [-0.15, -0.1) is 10.2 Å². The number of nitrogens with two attached hydrogens (primary N) is 1. The van der Waals surface area contributed by atoms with Crippen LogP contribution in [0.15, 0.2) is 5.16 Å². The van der Waals surface area contributed by atoms with E-state index in [9.17, 15) is 8.42 Å². The van der Waals surface area contributed by atoms with Gasteiger partial charge in [0.05, 0.1) is 0 Å². The molecule has 1 aromatic heterocycles. The van der Waals surface area contributed by atoms with E-state index >= 15 is 0 Å². The fourth-order valence-corrected chi connectivity index (χ4v) is 2.53. The van der Waals surface area contributed by atoms with Gasteiger partial charge in [-0.05, 0) is 33.1 Å². The smallest absolute Gasteiger partial charge is 0.273 e. The Morgan fingerprint density at radius 3 is 2.22 bits per heavy atom. The molecule has 0 saturated heterocycles. The van der Waals surface area contributed by atoms with Crippen molar-refractivity contribution >= 4 is 10.0 Å². The van der Waals surface area contributed by atoms with Crippen LogP contribution in [0.25, 0.3) is 0 Å². The van der Waals surface area contributed by atoms with E-state index in [1.165, 1.54) is 0 Å². The monoisotopic (exact) mass is 274 g/mol. The maximum absolute atomic E-state index is 11.5. The summed E-state index contributed by atoms with van der Waals surface area (Å²) in [5.74, 6) is 1.19. The zero-order chi connectivity index (χ0) is 14.1. The Morgan fingerprint density at radius 1 is 1.28 bits per heavy atom. The second kappa shape index (κ2) is 4.97. The minimum atomic E-state index is -3.84. The van der Waals surface area contributed by atoms with Crippen LogP contribution in [0.2, 0.25) is 0 Å². The Bertz CT molecular complexity index is 512. The molecular weight excluding hydrogens is 252 g/mol. The van der Waals surface area contributed by atoms with Crippen molar-refractivity contribution in [2.45, 2.75) is 58.2 Å². The quantitative estimate of drug-likeness (QED) is 0.895. The van der Waals surface area contributed by atoms with Crippen LogP contribution in [-0.4, -0.2) is 23.2 Å². The van der Waals surface area contributed by atoms with Crippen molar-refractivity contribution in [3.63, 3.8) is 0 Å². The van der Waals surface area contributed by atoms with Gasteiger partial charge < -0.3 is 0 Å². The minimum absolute atomic E-state index is 0.159. The number of aryl methyl sites for hydroxylation is 1. The average Bonchev–Trinajstić information content (AvgIpc) is 2.56. The lowest BCUT2D eigenvalue weighted by Gasteiger charge is -2.24. The zero-order valence-electron chi connectivity index (χ0n) is 11.6. The molecule has 1 aromatic rings. The first-order chi connectivity index (χ1) is 8.03. The Hall–Kier alpha value is -0.950. The predicted octanol–water partition coefficient (Wildman–Crippen LogP) is 1.27. The largest absolute Gasteiger partial charge is 0.295 e. The Balaban J connectivity index is 3.26. The first-order valence-corrected chi connectivity index (χ1v) is 7.55. The zero-order valence-corrected chi connectivity index (χ0v) is 12.5. The van der Waals surface area contributed by atoms with Gasteiger partial charge in [-0.1, -0.05) is 13.8 Å². The molecule has 0 bridgehead atoms. The number of hydrogen-bond acceptors (Lipinski definition) is 4. The highest BCUT2D eigenvalue weighted by Crippen LogP contribution is 2.22. The number of aromatic nitrogens is 3. The fraction of sp³-hybridized carbons (Fsp3) is 0.818. The number of hydrogen-bond donors (Lipinski definition) is 1. The van der Waals surface area contributed by atoms with Gasteiger partial charge >= 0.3 is 0 Å². The lowest BCUT2D eigenvalue weighted by molar-refractivity contribution is 0.346. The van der Waals surface area contributed by atoms with Crippen molar-refractivity contribution < 1.29 is 8.42 Å². The summed E-state index contributed by atoms with van der Waals surface area (Å²) in [5.41, 5.74) is -0.419. The lowest BCUT2D eigenvalue weighted by Crippen LogP contribution is -2.30. The van der Waals surface area contributed by atoms with E-state index in [0.29, 0.717) is 18.2 Å². The third-order valence-corrected chi connectivity index (χ3v) is 3.34. The van der Waals surface area contributed by atoms with Crippen molar-refractivity contribution in [2.75, 3.05) is 0 Å².